The summed E-state index contributed by atoms with van der Waals surface area (Å²) in [5, 5.41) is 6.67. The molecule has 4 rings (SSSR count). The SMILES string of the molecule is CCOc1ccc(-c2noc(CCC(=O)Nc3ccc(S(=O)(=O)Nc4ncccn4)cc3)n2)cc1. The number of nitrogens with one attached hydrogen (secondary N) is 2. The number of rotatable bonds is 10. The molecule has 0 saturated carbocycles. The van der Waals surface area contributed by atoms with Crippen LogP contribution in [0.4, 0.5) is 11.6 Å². The summed E-state index contributed by atoms with van der Waals surface area (Å²) in [6.45, 7) is 2.49. The highest BCUT2D eigenvalue weighted by atomic mass is 32.2. The van der Waals surface area contributed by atoms with E-state index < -0.39 is 10.0 Å². The molecule has 0 bridgehead atoms. The number of hydrogen-bond donors (Lipinski definition) is 2. The maximum absolute atomic E-state index is 12.4. The molecule has 0 saturated heterocycles. The molecule has 2 aromatic heterocycles. The van der Waals surface area contributed by atoms with Crippen molar-refractivity contribution in [3.8, 4) is 17.1 Å². The number of aromatic nitrogens is 4. The summed E-state index contributed by atoms with van der Waals surface area (Å²) in [5.74, 6) is 1.20. The molecule has 2 aromatic carbocycles. The van der Waals surface area contributed by atoms with Crippen LogP contribution < -0.4 is 14.8 Å². The average Bonchev–Trinajstić information content (AvgIpc) is 3.33. The summed E-state index contributed by atoms with van der Waals surface area (Å²) in [6.07, 6.45) is 3.22. The van der Waals surface area contributed by atoms with Crippen molar-refractivity contribution in [1.82, 2.24) is 20.1 Å². The van der Waals surface area contributed by atoms with Crippen LogP contribution in [0.15, 0.2) is 76.4 Å². The normalized spacial score (nSPS) is 11.1. The van der Waals surface area contributed by atoms with Crippen LogP contribution in [0, 0.1) is 0 Å². The number of benzene rings is 2. The van der Waals surface area contributed by atoms with Crippen molar-refractivity contribution in [1.29, 1.82) is 0 Å². The van der Waals surface area contributed by atoms with Crippen LogP contribution in [-0.4, -0.2) is 41.0 Å². The third-order valence-electron chi connectivity index (χ3n) is 4.70. The molecule has 2 heterocycles. The van der Waals surface area contributed by atoms with Crippen LogP contribution in [0.2, 0.25) is 0 Å². The van der Waals surface area contributed by atoms with Crippen LogP contribution in [0.3, 0.4) is 0 Å². The van der Waals surface area contributed by atoms with E-state index in [0.717, 1.165) is 11.3 Å². The molecule has 180 valence electrons. The molecule has 12 heteroatoms. The summed E-state index contributed by atoms with van der Waals surface area (Å²) in [7, 11) is -3.85. The minimum Gasteiger partial charge on any atom is -0.494 e. The van der Waals surface area contributed by atoms with Crippen molar-refractivity contribution in [2.24, 2.45) is 0 Å². The van der Waals surface area contributed by atoms with Gasteiger partial charge in [-0.05, 0) is 61.5 Å². The summed E-state index contributed by atoms with van der Waals surface area (Å²) >= 11 is 0. The lowest BCUT2D eigenvalue weighted by Gasteiger charge is -2.08. The van der Waals surface area contributed by atoms with Crippen molar-refractivity contribution in [2.75, 3.05) is 16.6 Å². The molecule has 35 heavy (non-hydrogen) atoms. The molecule has 0 fully saturated rings. The van der Waals surface area contributed by atoms with E-state index in [1.807, 2.05) is 31.2 Å². The van der Waals surface area contributed by atoms with Gasteiger partial charge in [-0.1, -0.05) is 5.16 Å². The molecule has 2 N–H and O–H groups in total. The molecule has 0 aliphatic carbocycles. The topological polar surface area (TPSA) is 149 Å². The number of carbonyl (C=O) groups excluding carboxylic acids is 1. The molecule has 0 radical (unpaired) electrons. The second-order valence-electron chi connectivity index (χ2n) is 7.22. The Bertz CT molecular complexity index is 1370. The fourth-order valence-electron chi connectivity index (χ4n) is 3.03. The Morgan fingerprint density at radius 2 is 1.74 bits per heavy atom. The van der Waals surface area contributed by atoms with Gasteiger partial charge in [0.2, 0.25) is 23.6 Å². The lowest BCUT2D eigenvalue weighted by molar-refractivity contribution is -0.116. The molecule has 1 amide bonds. The molecular formula is C23H22N6O5S. The minimum absolute atomic E-state index is 0.00984. The van der Waals surface area contributed by atoms with Gasteiger partial charge in [-0.15, -0.1) is 0 Å². The maximum Gasteiger partial charge on any atom is 0.264 e. The Kier molecular flexibility index (Phi) is 7.31. The Balaban J connectivity index is 1.30. The van der Waals surface area contributed by atoms with Crippen molar-refractivity contribution in [2.45, 2.75) is 24.7 Å². The van der Waals surface area contributed by atoms with Crippen LogP contribution in [0.5, 0.6) is 5.75 Å². The Morgan fingerprint density at radius 1 is 1.03 bits per heavy atom. The predicted molar refractivity (Wildman–Crippen MR) is 127 cm³/mol. The van der Waals surface area contributed by atoms with Crippen LogP contribution in [0.1, 0.15) is 19.2 Å². The number of aryl methyl sites for hydroxylation is 1. The highest BCUT2D eigenvalue weighted by molar-refractivity contribution is 7.92. The number of sulfonamides is 1. The first-order chi connectivity index (χ1) is 16.9. The second kappa shape index (κ2) is 10.7. The molecule has 0 aliphatic heterocycles. The average molecular weight is 495 g/mol. The Hall–Kier alpha value is -4.32. The lowest BCUT2D eigenvalue weighted by atomic mass is 10.2. The third kappa shape index (κ3) is 6.38. The van der Waals surface area contributed by atoms with Crippen molar-refractivity contribution >= 4 is 27.6 Å². The van der Waals surface area contributed by atoms with Crippen LogP contribution >= 0.6 is 0 Å². The molecule has 11 nitrogen and oxygen atoms in total. The van der Waals surface area contributed by atoms with E-state index in [-0.39, 0.29) is 29.6 Å². The van der Waals surface area contributed by atoms with Gasteiger partial charge in [0, 0.05) is 36.5 Å². The predicted octanol–water partition coefficient (Wildman–Crippen LogP) is 3.30. The summed E-state index contributed by atoms with van der Waals surface area (Å²) < 4.78 is 37.8. The number of ether oxygens (including phenoxy) is 1. The number of amides is 1. The van der Waals surface area contributed by atoms with E-state index >= 15 is 0 Å². The number of carbonyl (C=O) groups is 1. The van der Waals surface area contributed by atoms with Crippen LogP contribution in [0.25, 0.3) is 11.4 Å². The molecule has 0 atom stereocenters. The molecule has 4 aromatic rings. The Labute approximate surface area is 201 Å². The second-order valence-corrected chi connectivity index (χ2v) is 8.90. The van der Waals surface area contributed by atoms with Gasteiger partial charge in [-0.2, -0.15) is 4.98 Å². The standard InChI is InChI=1S/C23H22N6O5S/c1-2-33-18-8-4-16(5-9-18)22-27-21(34-28-22)13-12-20(30)26-17-6-10-19(11-7-17)35(31,32)29-23-24-14-3-15-25-23/h3-11,14-15H,2,12-13H2,1H3,(H,26,30)(H,24,25,29). The van der Waals surface area contributed by atoms with Crippen molar-refractivity contribution in [3.63, 3.8) is 0 Å². The quantitative estimate of drug-likeness (QED) is 0.338. The number of nitrogens with zero attached hydrogens (tertiary/aromatic N) is 4. The van der Waals surface area contributed by atoms with Gasteiger partial charge >= 0.3 is 0 Å². The smallest absolute Gasteiger partial charge is 0.264 e. The van der Waals surface area contributed by atoms with Gasteiger partial charge in [-0.3, -0.25) is 4.79 Å². The van der Waals surface area contributed by atoms with E-state index in [1.165, 1.54) is 36.7 Å². The number of hydrogen-bond acceptors (Lipinski definition) is 9. The zero-order valence-corrected chi connectivity index (χ0v) is 19.5. The first-order valence-corrected chi connectivity index (χ1v) is 12.2. The Morgan fingerprint density at radius 3 is 2.43 bits per heavy atom. The zero-order chi connectivity index (χ0) is 24.7. The van der Waals surface area contributed by atoms with Gasteiger partial charge in [-0.25, -0.2) is 23.1 Å². The van der Waals surface area contributed by atoms with Gasteiger partial charge in [0.05, 0.1) is 11.5 Å². The van der Waals surface area contributed by atoms with Gasteiger partial charge < -0.3 is 14.6 Å². The summed E-state index contributed by atoms with van der Waals surface area (Å²) in [5.41, 5.74) is 1.22. The molecule has 0 aliphatic rings. The molecule has 0 spiro atoms. The maximum atomic E-state index is 12.4. The van der Waals surface area contributed by atoms with Crippen molar-refractivity contribution < 1.29 is 22.5 Å². The monoisotopic (exact) mass is 494 g/mol. The van der Waals surface area contributed by atoms with Gasteiger partial charge in [0.15, 0.2) is 0 Å². The first kappa shape index (κ1) is 23.8. The third-order valence-corrected chi connectivity index (χ3v) is 6.04. The minimum atomic E-state index is -3.85. The van der Waals surface area contributed by atoms with Gasteiger partial charge in [0.1, 0.15) is 5.75 Å². The van der Waals surface area contributed by atoms with E-state index in [0.29, 0.717) is 24.0 Å². The van der Waals surface area contributed by atoms with E-state index in [4.69, 9.17) is 9.26 Å². The van der Waals surface area contributed by atoms with E-state index in [9.17, 15) is 13.2 Å². The largest absolute Gasteiger partial charge is 0.494 e. The van der Waals surface area contributed by atoms with Gasteiger partial charge in [0.25, 0.3) is 10.0 Å². The van der Waals surface area contributed by atoms with E-state index in [1.54, 1.807) is 6.07 Å². The zero-order valence-electron chi connectivity index (χ0n) is 18.7. The van der Waals surface area contributed by atoms with Crippen LogP contribution in [-0.2, 0) is 21.2 Å². The van der Waals surface area contributed by atoms with E-state index in [2.05, 4.69) is 30.1 Å². The lowest BCUT2D eigenvalue weighted by Crippen LogP contribution is -2.15. The number of anilines is 2. The fraction of sp³-hybridized carbons (Fsp3) is 0.174. The van der Waals surface area contributed by atoms with Crippen molar-refractivity contribution in [3.05, 3.63) is 72.9 Å². The first-order valence-electron chi connectivity index (χ1n) is 10.7. The molecular weight excluding hydrogens is 472 g/mol. The molecule has 0 unspecified atom stereocenters. The summed E-state index contributed by atoms with van der Waals surface area (Å²) in [6, 6.07) is 14.6. The highest BCUT2D eigenvalue weighted by Gasteiger charge is 2.16. The fourth-order valence-corrected chi connectivity index (χ4v) is 3.99. The highest BCUT2D eigenvalue weighted by Crippen LogP contribution is 2.21. The summed E-state index contributed by atoms with van der Waals surface area (Å²) in [4.78, 5) is 24.3.